The molecule has 0 atom stereocenters. The summed E-state index contributed by atoms with van der Waals surface area (Å²) in [6.45, 7) is 5.56. The highest BCUT2D eigenvalue weighted by Crippen LogP contribution is 2.21. The van der Waals surface area contributed by atoms with Crippen LogP contribution in [-0.4, -0.2) is 22.6 Å². The molecule has 1 rings (SSSR count). The van der Waals surface area contributed by atoms with Crippen LogP contribution in [0.5, 0.6) is 0 Å². The Labute approximate surface area is 118 Å². The summed E-state index contributed by atoms with van der Waals surface area (Å²) in [7, 11) is -7.11. The van der Waals surface area contributed by atoms with E-state index < -0.39 is 20.0 Å². The summed E-state index contributed by atoms with van der Waals surface area (Å²) in [5, 5.41) is 4.98. The molecule has 0 saturated carbocycles. The zero-order chi connectivity index (χ0) is 14.9. The molecule has 0 radical (unpaired) electrons. The highest BCUT2D eigenvalue weighted by atomic mass is 32.2. The average molecular weight is 326 g/mol. The predicted molar refractivity (Wildman–Crippen MR) is 75.8 cm³/mol. The largest absolute Gasteiger partial charge is 0.247 e. The van der Waals surface area contributed by atoms with Gasteiger partial charge in [0.05, 0.1) is 5.75 Å². The number of nitrogens with two attached hydrogens (primary N) is 1. The minimum Gasteiger partial charge on any atom is -0.224 e. The lowest BCUT2D eigenvalue weighted by atomic mass is 10.0. The van der Waals surface area contributed by atoms with Crippen molar-refractivity contribution < 1.29 is 16.8 Å². The fourth-order valence-corrected chi connectivity index (χ4v) is 4.84. The SMILES string of the molecule is CC(C)(C)CS(=O)(=O)NCc1ccc(S(N)(=O)=O)s1. The third-order valence-electron chi connectivity index (χ3n) is 2.01. The van der Waals surface area contributed by atoms with Crippen molar-refractivity contribution in [3.05, 3.63) is 17.0 Å². The quantitative estimate of drug-likeness (QED) is 0.837. The van der Waals surface area contributed by atoms with Crippen molar-refractivity contribution in [3.63, 3.8) is 0 Å². The average Bonchev–Trinajstić information content (AvgIpc) is 2.58. The lowest BCUT2D eigenvalue weighted by Crippen LogP contribution is -2.31. The maximum Gasteiger partial charge on any atom is 0.247 e. The van der Waals surface area contributed by atoms with Crippen LogP contribution in [0.15, 0.2) is 16.3 Å². The first kappa shape index (κ1) is 16.6. The van der Waals surface area contributed by atoms with E-state index in [-0.39, 0.29) is 21.9 Å². The topological polar surface area (TPSA) is 106 Å². The molecule has 1 aromatic heterocycles. The first-order chi connectivity index (χ1) is 8.39. The lowest BCUT2D eigenvalue weighted by molar-refractivity contribution is 0.458. The predicted octanol–water partition coefficient (Wildman–Crippen LogP) is 0.861. The summed E-state index contributed by atoms with van der Waals surface area (Å²) in [6, 6.07) is 2.91. The van der Waals surface area contributed by atoms with Crippen LogP contribution in [0.2, 0.25) is 0 Å². The van der Waals surface area contributed by atoms with E-state index in [1.165, 1.54) is 6.07 Å². The Hall–Kier alpha value is -0.480. The van der Waals surface area contributed by atoms with E-state index in [9.17, 15) is 16.8 Å². The van der Waals surface area contributed by atoms with Gasteiger partial charge in [0.25, 0.3) is 0 Å². The molecule has 6 nitrogen and oxygen atoms in total. The van der Waals surface area contributed by atoms with Crippen LogP contribution < -0.4 is 9.86 Å². The van der Waals surface area contributed by atoms with Crippen molar-refractivity contribution in [1.29, 1.82) is 0 Å². The molecule has 110 valence electrons. The number of hydrogen-bond donors (Lipinski definition) is 2. The van der Waals surface area contributed by atoms with Gasteiger partial charge >= 0.3 is 0 Å². The van der Waals surface area contributed by atoms with E-state index in [2.05, 4.69) is 4.72 Å². The van der Waals surface area contributed by atoms with Gasteiger partial charge in [-0.15, -0.1) is 11.3 Å². The van der Waals surface area contributed by atoms with Gasteiger partial charge in [-0.25, -0.2) is 26.7 Å². The summed E-state index contributed by atoms with van der Waals surface area (Å²) in [6.07, 6.45) is 0. The van der Waals surface area contributed by atoms with Gasteiger partial charge < -0.3 is 0 Å². The fraction of sp³-hybridized carbons (Fsp3) is 0.600. The Bertz CT molecular complexity index is 639. The van der Waals surface area contributed by atoms with Crippen molar-refractivity contribution in [2.75, 3.05) is 5.75 Å². The summed E-state index contributed by atoms with van der Waals surface area (Å²) in [4.78, 5) is 0.599. The van der Waals surface area contributed by atoms with Gasteiger partial charge in [-0.3, -0.25) is 0 Å². The molecule has 3 N–H and O–H groups in total. The molecule has 0 unspecified atom stereocenters. The molecule has 1 heterocycles. The number of thiophene rings is 1. The van der Waals surface area contributed by atoms with Crippen molar-refractivity contribution in [2.45, 2.75) is 31.5 Å². The molecule has 0 aliphatic heterocycles. The van der Waals surface area contributed by atoms with Crippen LogP contribution in [0.25, 0.3) is 0 Å². The number of rotatable bonds is 5. The molecule has 0 saturated heterocycles. The molecule has 19 heavy (non-hydrogen) atoms. The van der Waals surface area contributed by atoms with E-state index in [4.69, 9.17) is 5.14 Å². The molecule has 0 aliphatic carbocycles. The molecule has 1 aromatic rings. The van der Waals surface area contributed by atoms with Crippen LogP contribution in [0, 0.1) is 5.41 Å². The number of sulfonamides is 2. The molecule has 0 bridgehead atoms. The summed E-state index contributed by atoms with van der Waals surface area (Å²) >= 11 is 0.959. The maximum atomic E-state index is 11.8. The van der Waals surface area contributed by atoms with Crippen molar-refractivity contribution in [3.8, 4) is 0 Å². The number of nitrogens with one attached hydrogen (secondary N) is 1. The minimum absolute atomic E-state index is 0.00736. The standard InChI is InChI=1S/C10H18N2O4S3/c1-10(2,3)7-18(13,14)12-6-8-4-5-9(17-8)19(11,15)16/h4-5,12H,6-7H2,1-3H3,(H2,11,15,16). The molecule has 9 heteroatoms. The minimum atomic E-state index is -3.72. The van der Waals surface area contributed by atoms with E-state index in [1.54, 1.807) is 6.07 Å². The second-order valence-electron chi connectivity index (χ2n) is 5.41. The summed E-state index contributed by atoms with van der Waals surface area (Å²) < 4.78 is 48.2. The summed E-state index contributed by atoms with van der Waals surface area (Å²) in [5.41, 5.74) is -0.340. The van der Waals surface area contributed by atoms with Crippen LogP contribution in [-0.2, 0) is 26.6 Å². The Morgan fingerprint density at radius 3 is 2.21 bits per heavy atom. The lowest BCUT2D eigenvalue weighted by Gasteiger charge is -2.18. The highest BCUT2D eigenvalue weighted by molar-refractivity contribution is 7.91. The smallest absolute Gasteiger partial charge is 0.224 e. The Morgan fingerprint density at radius 1 is 1.21 bits per heavy atom. The number of primary sulfonamides is 1. The van der Waals surface area contributed by atoms with Crippen molar-refractivity contribution in [1.82, 2.24) is 4.72 Å². The molecule has 0 spiro atoms. The second kappa shape index (κ2) is 5.49. The summed E-state index contributed by atoms with van der Waals surface area (Å²) in [5.74, 6) is 0.00736. The van der Waals surface area contributed by atoms with Gasteiger partial charge in [0.2, 0.25) is 20.0 Å². The van der Waals surface area contributed by atoms with Crippen LogP contribution in [0.3, 0.4) is 0 Å². The van der Waals surface area contributed by atoms with Crippen molar-refractivity contribution >= 4 is 31.4 Å². The first-order valence-corrected chi connectivity index (χ1v) is 9.49. The van der Waals surface area contributed by atoms with Gasteiger partial charge in [-0.1, -0.05) is 20.8 Å². The van der Waals surface area contributed by atoms with Crippen LogP contribution in [0.4, 0.5) is 0 Å². The molecule has 0 aromatic carbocycles. The third-order valence-corrected chi connectivity index (χ3v) is 6.36. The van der Waals surface area contributed by atoms with Crippen LogP contribution >= 0.6 is 11.3 Å². The third kappa shape index (κ3) is 6.00. The highest BCUT2D eigenvalue weighted by Gasteiger charge is 2.21. The molecule has 0 amide bonds. The van der Waals surface area contributed by atoms with Gasteiger partial charge in [0, 0.05) is 11.4 Å². The molecule has 0 aliphatic rings. The van der Waals surface area contributed by atoms with E-state index >= 15 is 0 Å². The Morgan fingerprint density at radius 2 is 1.79 bits per heavy atom. The molecular formula is C10H18N2O4S3. The van der Waals surface area contributed by atoms with Crippen molar-refractivity contribution in [2.24, 2.45) is 10.6 Å². The first-order valence-electron chi connectivity index (χ1n) is 5.48. The van der Waals surface area contributed by atoms with Crippen LogP contribution in [0.1, 0.15) is 25.6 Å². The van der Waals surface area contributed by atoms with E-state index in [0.717, 1.165) is 11.3 Å². The second-order valence-corrected chi connectivity index (χ2v) is 10.2. The zero-order valence-electron chi connectivity index (χ0n) is 11.0. The van der Waals surface area contributed by atoms with E-state index in [1.807, 2.05) is 20.8 Å². The normalized spacial score (nSPS) is 13.7. The van der Waals surface area contributed by atoms with Gasteiger partial charge in [0.1, 0.15) is 4.21 Å². The Balaban J connectivity index is 2.70. The molecule has 0 fully saturated rings. The Kier molecular flexibility index (Phi) is 4.79. The maximum absolute atomic E-state index is 11.8. The zero-order valence-corrected chi connectivity index (χ0v) is 13.5. The monoisotopic (exact) mass is 326 g/mol. The fourth-order valence-electron chi connectivity index (χ4n) is 1.41. The number of hydrogen-bond acceptors (Lipinski definition) is 5. The van der Waals surface area contributed by atoms with Gasteiger partial charge in [0.15, 0.2) is 0 Å². The molecular weight excluding hydrogens is 308 g/mol. The van der Waals surface area contributed by atoms with Gasteiger partial charge in [-0.2, -0.15) is 0 Å². The van der Waals surface area contributed by atoms with E-state index in [0.29, 0.717) is 4.88 Å². The van der Waals surface area contributed by atoms with Gasteiger partial charge in [-0.05, 0) is 17.5 Å².